The Hall–Kier alpha value is -1.27. The number of primary amides is 1. The van der Waals surface area contributed by atoms with Crippen LogP contribution in [-0.4, -0.2) is 32.4 Å². The Morgan fingerprint density at radius 1 is 1.50 bits per heavy atom. The maximum absolute atomic E-state index is 11.1. The summed E-state index contributed by atoms with van der Waals surface area (Å²) in [4.78, 5) is 11.1. The largest absolute Gasteiger partial charge is 0.382 e. The van der Waals surface area contributed by atoms with Crippen LogP contribution in [0.5, 0.6) is 0 Å². The van der Waals surface area contributed by atoms with Gasteiger partial charge in [0.25, 0.3) is 0 Å². The molecule has 0 spiro atoms. The number of benzene rings is 1. The van der Waals surface area contributed by atoms with Gasteiger partial charge in [-0.25, -0.2) is 8.42 Å². The van der Waals surface area contributed by atoms with Crippen molar-refractivity contribution in [1.82, 2.24) is 0 Å². The van der Waals surface area contributed by atoms with Gasteiger partial charge in [0.05, 0.1) is 16.3 Å². The maximum atomic E-state index is 11.1. The number of anilines is 1. The van der Waals surface area contributed by atoms with Crippen LogP contribution >= 0.6 is 11.6 Å². The van der Waals surface area contributed by atoms with Crippen molar-refractivity contribution in [2.75, 3.05) is 17.3 Å². The zero-order valence-electron chi connectivity index (χ0n) is 10.1. The van der Waals surface area contributed by atoms with Gasteiger partial charge >= 0.3 is 0 Å². The van der Waals surface area contributed by atoms with Gasteiger partial charge in [0.2, 0.25) is 5.91 Å². The molecule has 0 aliphatic carbocycles. The van der Waals surface area contributed by atoms with E-state index in [2.05, 4.69) is 5.32 Å². The van der Waals surface area contributed by atoms with E-state index in [9.17, 15) is 13.2 Å². The highest BCUT2D eigenvalue weighted by molar-refractivity contribution is 7.90. The summed E-state index contributed by atoms with van der Waals surface area (Å²) in [5.74, 6) is -0.624. The van der Waals surface area contributed by atoms with Crippen molar-refractivity contribution in [3.8, 4) is 0 Å². The third-order valence-electron chi connectivity index (χ3n) is 2.20. The number of carbonyl (C=O) groups is 1. The van der Waals surface area contributed by atoms with Crippen LogP contribution in [0.3, 0.4) is 0 Å². The minimum absolute atomic E-state index is 0.00152. The molecule has 1 amide bonds. The normalized spacial score (nSPS) is 13.1. The van der Waals surface area contributed by atoms with Crippen LogP contribution in [0, 0.1) is 0 Å². The SMILES string of the molecule is CC(CS(C)(=O)=O)Nc1ccc(Cl)c(C(N)=O)c1. The molecule has 0 heterocycles. The molecule has 1 unspecified atom stereocenters. The van der Waals surface area contributed by atoms with Crippen LogP contribution in [0.4, 0.5) is 5.69 Å². The first-order chi connectivity index (χ1) is 8.19. The van der Waals surface area contributed by atoms with E-state index in [1.165, 1.54) is 18.4 Å². The van der Waals surface area contributed by atoms with Gasteiger partial charge in [-0.1, -0.05) is 11.6 Å². The average Bonchev–Trinajstić information content (AvgIpc) is 2.17. The van der Waals surface area contributed by atoms with Gasteiger partial charge in [-0.3, -0.25) is 4.79 Å². The fourth-order valence-corrected chi connectivity index (χ4v) is 2.79. The van der Waals surface area contributed by atoms with Crippen molar-refractivity contribution in [3.63, 3.8) is 0 Å². The molecular weight excluding hydrogens is 276 g/mol. The molecule has 3 N–H and O–H groups in total. The molecule has 7 heteroatoms. The van der Waals surface area contributed by atoms with Gasteiger partial charge < -0.3 is 11.1 Å². The van der Waals surface area contributed by atoms with Crippen molar-refractivity contribution in [3.05, 3.63) is 28.8 Å². The molecule has 0 saturated carbocycles. The summed E-state index contributed by atoms with van der Waals surface area (Å²) in [6.45, 7) is 1.74. The Morgan fingerprint density at radius 3 is 2.61 bits per heavy atom. The molecule has 100 valence electrons. The van der Waals surface area contributed by atoms with Crippen LogP contribution in [0.2, 0.25) is 5.02 Å². The number of sulfone groups is 1. The van der Waals surface area contributed by atoms with Crippen molar-refractivity contribution >= 4 is 33.0 Å². The zero-order chi connectivity index (χ0) is 13.9. The minimum Gasteiger partial charge on any atom is -0.382 e. The van der Waals surface area contributed by atoms with Crippen molar-refractivity contribution in [2.24, 2.45) is 5.73 Å². The summed E-state index contributed by atoms with van der Waals surface area (Å²) in [5, 5.41) is 3.24. The van der Waals surface area contributed by atoms with E-state index in [1.807, 2.05) is 0 Å². The van der Waals surface area contributed by atoms with Crippen LogP contribution in [0.25, 0.3) is 0 Å². The van der Waals surface area contributed by atoms with Gasteiger partial charge in [0.1, 0.15) is 9.84 Å². The highest BCUT2D eigenvalue weighted by atomic mass is 35.5. The second-order valence-electron chi connectivity index (χ2n) is 4.20. The standard InChI is InChI=1S/C11H15ClN2O3S/c1-7(6-18(2,16)17)14-8-3-4-10(12)9(5-8)11(13)15/h3-5,7,14H,6H2,1-2H3,(H2,13,15). The first-order valence-electron chi connectivity index (χ1n) is 5.22. The van der Waals surface area contributed by atoms with E-state index in [0.717, 1.165) is 0 Å². The second-order valence-corrected chi connectivity index (χ2v) is 6.79. The second kappa shape index (κ2) is 5.58. The quantitative estimate of drug-likeness (QED) is 0.855. The predicted molar refractivity (Wildman–Crippen MR) is 72.8 cm³/mol. The summed E-state index contributed by atoms with van der Waals surface area (Å²) in [6, 6.07) is 4.43. The Labute approximate surface area is 111 Å². The fourth-order valence-electron chi connectivity index (χ4n) is 1.58. The highest BCUT2D eigenvalue weighted by Gasteiger charge is 2.12. The van der Waals surface area contributed by atoms with E-state index >= 15 is 0 Å². The molecule has 0 aliphatic rings. The van der Waals surface area contributed by atoms with Crippen LogP contribution in [-0.2, 0) is 9.84 Å². The number of amides is 1. The number of rotatable bonds is 5. The molecule has 1 atom stereocenters. The molecule has 0 aromatic heterocycles. The summed E-state index contributed by atoms with van der Waals surface area (Å²) in [6.07, 6.45) is 1.17. The van der Waals surface area contributed by atoms with Crippen LogP contribution in [0.1, 0.15) is 17.3 Å². The molecule has 0 bridgehead atoms. The highest BCUT2D eigenvalue weighted by Crippen LogP contribution is 2.20. The van der Waals surface area contributed by atoms with Gasteiger partial charge in [-0.2, -0.15) is 0 Å². The van der Waals surface area contributed by atoms with Gasteiger partial charge in [0, 0.05) is 18.0 Å². The Balaban J connectivity index is 2.86. The smallest absolute Gasteiger partial charge is 0.250 e. The fraction of sp³-hybridized carbons (Fsp3) is 0.364. The number of nitrogens with one attached hydrogen (secondary N) is 1. The Morgan fingerprint density at radius 2 is 2.11 bits per heavy atom. The topological polar surface area (TPSA) is 89.3 Å². The lowest BCUT2D eigenvalue weighted by Crippen LogP contribution is -2.25. The van der Waals surface area contributed by atoms with Gasteiger partial charge in [-0.15, -0.1) is 0 Å². The summed E-state index contributed by atoms with van der Waals surface area (Å²) >= 11 is 5.81. The maximum Gasteiger partial charge on any atom is 0.250 e. The van der Waals surface area contributed by atoms with E-state index in [0.29, 0.717) is 5.69 Å². The van der Waals surface area contributed by atoms with E-state index in [4.69, 9.17) is 17.3 Å². The zero-order valence-corrected chi connectivity index (χ0v) is 11.7. The van der Waals surface area contributed by atoms with E-state index in [1.54, 1.807) is 13.0 Å². The first kappa shape index (κ1) is 14.8. The molecule has 5 nitrogen and oxygen atoms in total. The number of carbonyl (C=O) groups excluding carboxylic acids is 1. The molecule has 0 aliphatic heterocycles. The molecule has 0 radical (unpaired) electrons. The lowest BCUT2D eigenvalue weighted by Gasteiger charge is -2.15. The molecule has 0 fully saturated rings. The van der Waals surface area contributed by atoms with Crippen molar-refractivity contribution in [1.29, 1.82) is 0 Å². The van der Waals surface area contributed by atoms with Crippen molar-refractivity contribution < 1.29 is 13.2 Å². The molecule has 0 saturated heterocycles. The van der Waals surface area contributed by atoms with Gasteiger partial charge in [-0.05, 0) is 25.1 Å². The van der Waals surface area contributed by atoms with Gasteiger partial charge in [0.15, 0.2) is 0 Å². The predicted octanol–water partition coefficient (Wildman–Crippen LogP) is 1.28. The summed E-state index contributed by atoms with van der Waals surface area (Å²) in [5.41, 5.74) is 5.97. The third kappa shape index (κ3) is 4.54. The van der Waals surface area contributed by atoms with E-state index in [-0.39, 0.29) is 22.4 Å². The molecule has 18 heavy (non-hydrogen) atoms. The number of hydrogen-bond acceptors (Lipinski definition) is 4. The third-order valence-corrected chi connectivity index (χ3v) is 3.63. The average molecular weight is 291 g/mol. The number of halogens is 1. The summed E-state index contributed by atoms with van der Waals surface area (Å²) in [7, 11) is -3.06. The van der Waals surface area contributed by atoms with E-state index < -0.39 is 15.7 Å². The monoisotopic (exact) mass is 290 g/mol. The lowest BCUT2D eigenvalue weighted by molar-refractivity contribution is 0.100. The molecular formula is C11H15ClN2O3S. The molecule has 1 aromatic rings. The molecule has 1 rings (SSSR count). The summed E-state index contributed by atoms with van der Waals surface area (Å²) < 4.78 is 22.3. The molecule has 1 aromatic carbocycles. The Bertz CT molecular complexity index is 557. The lowest BCUT2D eigenvalue weighted by atomic mass is 10.2. The minimum atomic E-state index is -3.06. The number of hydrogen-bond donors (Lipinski definition) is 2. The number of nitrogens with two attached hydrogens (primary N) is 1. The van der Waals surface area contributed by atoms with Crippen molar-refractivity contribution in [2.45, 2.75) is 13.0 Å². The van der Waals surface area contributed by atoms with Crippen LogP contribution < -0.4 is 11.1 Å². The van der Waals surface area contributed by atoms with Crippen LogP contribution in [0.15, 0.2) is 18.2 Å². The Kier molecular flexibility index (Phi) is 4.59. The first-order valence-corrected chi connectivity index (χ1v) is 7.66.